The lowest BCUT2D eigenvalue weighted by molar-refractivity contribution is -0.265. The summed E-state index contributed by atoms with van der Waals surface area (Å²) < 4.78 is 48.4. The molecule has 0 spiro atoms. The summed E-state index contributed by atoms with van der Waals surface area (Å²) in [5.41, 5.74) is 2.05. The molecule has 25 heteroatoms. The monoisotopic (exact) mass is 1630 g/mol. The van der Waals surface area contributed by atoms with E-state index >= 15 is 0 Å². The molecular weight excluding hydrogens is 1530 g/mol. The molecule has 3 amide bonds. The molecule has 1 aromatic carbocycles. The molecule has 3 aliphatic heterocycles. The second kappa shape index (κ2) is 37.4. The Bertz CT molecular complexity index is 2890. The van der Waals surface area contributed by atoms with Crippen LogP contribution < -0.4 is 10.6 Å². The van der Waals surface area contributed by atoms with Gasteiger partial charge in [0.1, 0.15) is 42.8 Å². The molecule has 1 aromatic rings. The van der Waals surface area contributed by atoms with Gasteiger partial charge in [0.05, 0.1) is 65.6 Å². The van der Waals surface area contributed by atoms with E-state index in [0.717, 1.165) is 10.5 Å². The van der Waals surface area contributed by atoms with Crippen LogP contribution in [0.1, 0.15) is 156 Å². The Labute approximate surface area is 582 Å². The van der Waals surface area contributed by atoms with Gasteiger partial charge in [-0.1, -0.05) is 71.1 Å². The van der Waals surface area contributed by atoms with Crippen LogP contribution in [0.5, 0.6) is 0 Å². The normalized spacial score (nSPS) is 30.8. The molecule has 1 aliphatic carbocycles. The Morgan fingerprint density at radius 2 is 1.46 bits per heavy atom. The lowest BCUT2D eigenvalue weighted by atomic mass is 9.78. The number of aliphatic hydroxyl groups is 2. The molecule has 2 saturated heterocycles. The van der Waals surface area contributed by atoms with Crippen LogP contribution in [0, 0.1) is 46.2 Å². The number of ether oxygens (including phenoxy) is 8. The summed E-state index contributed by atoms with van der Waals surface area (Å²) in [6, 6.07) is -1.22. The maximum Gasteiger partial charge on any atom is 0.340 e. The molecule has 3 heterocycles. The fourth-order valence-corrected chi connectivity index (χ4v) is 16.5. The van der Waals surface area contributed by atoms with Gasteiger partial charge < -0.3 is 63.6 Å². The number of aliphatic hydroxyl groups excluding tert-OH is 1. The largest absolute Gasteiger partial charge is 0.460 e. The third-order valence-corrected chi connectivity index (χ3v) is 21.0. The summed E-state index contributed by atoms with van der Waals surface area (Å²) in [6.07, 6.45) is 9.49. The third kappa shape index (κ3) is 21.7. The van der Waals surface area contributed by atoms with Crippen molar-refractivity contribution in [3.8, 4) is 0 Å². The van der Waals surface area contributed by atoms with Crippen LogP contribution in [0.3, 0.4) is 0 Å². The van der Waals surface area contributed by atoms with E-state index in [1.54, 1.807) is 40.9 Å². The average molecular weight is 1630 g/mol. The van der Waals surface area contributed by atoms with Crippen molar-refractivity contribution in [3.05, 3.63) is 63.9 Å². The Morgan fingerprint density at radius 1 is 0.783 bits per heavy atom. The zero-order chi connectivity index (χ0) is 68.3. The van der Waals surface area contributed by atoms with E-state index in [0.29, 0.717) is 85.4 Å². The summed E-state index contributed by atoms with van der Waals surface area (Å²) in [6.45, 7) is 14.9. The minimum Gasteiger partial charge on any atom is -0.460 e. The Hall–Kier alpha value is -4.08. The van der Waals surface area contributed by atoms with Crippen LogP contribution in [-0.4, -0.2) is 170 Å². The number of esters is 3. The summed E-state index contributed by atoms with van der Waals surface area (Å²) in [5.74, 6) is -10.8. The molecule has 2 bridgehead atoms. The number of ketones is 3. The summed E-state index contributed by atoms with van der Waals surface area (Å²) in [7, 11) is 4.44. The second-order valence-corrected chi connectivity index (χ2v) is 28.2. The van der Waals surface area contributed by atoms with E-state index in [2.05, 4.69) is 10.6 Å². The first kappa shape index (κ1) is 78.6. The lowest BCUT2D eigenvalue weighted by Crippen LogP contribution is -2.61. The van der Waals surface area contributed by atoms with Crippen molar-refractivity contribution in [2.24, 2.45) is 35.5 Å². The van der Waals surface area contributed by atoms with Gasteiger partial charge in [0, 0.05) is 72.3 Å². The number of fused-ring (bicyclic) bond motifs is 3. The van der Waals surface area contributed by atoms with Crippen molar-refractivity contribution in [2.45, 2.75) is 200 Å². The number of hydrogen-bond acceptors (Lipinski definition) is 19. The molecular formula is C67H94I3N3O19. The van der Waals surface area contributed by atoms with Gasteiger partial charge in [0.25, 0.3) is 11.7 Å². The molecule has 92 heavy (non-hydrogen) atoms. The smallest absolute Gasteiger partial charge is 0.340 e. The van der Waals surface area contributed by atoms with Crippen LogP contribution in [0.25, 0.3) is 0 Å². The van der Waals surface area contributed by atoms with E-state index in [1.807, 2.05) is 119 Å². The fourth-order valence-electron chi connectivity index (χ4n) is 12.4. The van der Waals surface area contributed by atoms with Crippen LogP contribution >= 0.6 is 67.8 Å². The third-order valence-electron chi connectivity index (χ3n) is 17.8. The van der Waals surface area contributed by atoms with Gasteiger partial charge in [0.15, 0.2) is 5.78 Å². The van der Waals surface area contributed by atoms with Crippen LogP contribution in [0.4, 0.5) is 11.4 Å². The minimum atomic E-state index is -2.49. The standard InChI is InChI=1S/C67H94I3N3O19/c1-36-18-14-13-15-19-37(2)50(85-10)34-46-23-21-42(7)67(84,92-46)63(80)64(81)73-26-17-16-20-47(73)65(82)91-51(35-48(76)38(3)31-41(6)61(79)62(87-12)60(78)40(5)30-36)39(4)32-45-22-24-49(52(33-45)86-11)90-53(77)25-27-88-28-29-89-66(83)54-55(68)58(71-43(8)74)57(70)59(56(54)69)72-44(9)75/h13-15,18-19,31,36,38-40,42,45-47,49-52,61-62,79,84H,16-17,20-30,32-35H2,1-12H3,(H,71,74)(H,72,75)/b15-13?,18-14+,37-19?,41-31+/t36-,38-,39-,40-,42-,45+,46+,47+,49-,50+,51+,52-,61-,62+,67-/m1/s1. The van der Waals surface area contributed by atoms with E-state index in [4.69, 9.17) is 37.9 Å². The Balaban J connectivity index is 1.31. The Kier molecular flexibility index (Phi) is 32.0. The lowest BCUT2D eigenvalue weighted by Gasteiger charge is -2.42. The van der Waals surface area contributed by atoms with Crippen molar-refractivity contribution >= 4 is 132 Å². The summed E-state index contributed by atoms with van der Waals surface area (Å²) in [5, 5.41) is 29.1. The summed E-state index contributed by atoms with van der Waals surface area (Å²) >= 11 is 5.88. The number of nitrogens with one attached hydrogen (secondary N) is 2. The predicted molar refractivity (Wildman–Crippen MR) is 368 cm³/mol. The first-order chi connectivity index (χ1) is 43.5. The first-order valence-corrected chi connectivity index (χ1v) is 34.9. The van der Waals surface area contributed by atoms with Crippen molar-refractivity contribution in [1.29, 1.82) is 0 Å². The van der Waals surface area contributed by atoms with E-state index in [1.165, 1.54) is 28.1 Å². The zero-order valence-corrected chi connectivity index (χ0v) is 61.5. The molecule has 3 fully saturated rings. The molecule has 15 atom stereocenters. The van der Waals surface area contributed by atoms with Crippen molar-refractivity contribution in [1.82, 2.24) is 4.90 Å². The number of rotatable bonds is 16. The number of carbonyl (C=O) groups is 9. The van der Waals surface area contributed by atoms with Crippen molar-refractivity contribution in [2.75, 3.05) is 58.3 Å². The number of amides is 3. The highest BCUT2D eigenvalue weighted by atomic mass is 127. The molecule has 0 aromatic heterocycles. The van der Waals surface area contributed by atoms with Gasteiger partial charge >= 0.3 is 17.9 Å². The van der Waals surface area contributed by atoms with Gasteiger partial charge in [-0.15, -0.1) is 0 Å². The number of Topliss-reactive ketones (excluding diaryl/α,β-unsaturated/α-hetero) is 3. The van der Waals surface area contributed by atoms with Gasteiger partial charge in [-0.3, -0.25) is 33.6 Å². The highest BCUT2D eigenvalue weighted by molar-refractivity contribution is 14.1. The van der Waals surface area contributed by atoms with Crippen molar-refractivity contribution in [3.63, 3.8) is 0 Å². The number of carbonyl (C=O) groups excluding carboxylic acids is 9. The number of nitrogens with zero attached hydrogens (tertiary/aromatic N) is 1. The summed E-state index contributed by atoms with van der Waals surface area (Å²) in [4.78, 5) is 124. The first-order valence-electron chi connectivity index (χ1n) is 31.7. The number of allylic oxidation sites excluding steroid dienone is 6. The van der Waals surface area contributed by atoms with Gasteiger partial charge in [-0.25, -0.2) is 9.59 Å². The van der Waals surface area contributed by atoms with Gasteiger partial charge in [-0.05, 0) is 175 Å². The number of cyclic esters (lactones) is 1. The molecule has 1 saturated carbocycles. The van der Waals surface area contributed by atoms with Crippen LogP contribution in [0.15, 0.2) is 47.6 Å². The van der Waals surface area contributed by atoms with E-state index < -0.39 is 108 Å². The molecule has 0 radical (unpaired) electrons. The maximum absolute atomic E-state index is 14.7. The quantitative estimate of drug-likeness (QED) is 0.0299. The number of methoxy groups -OCH3 is 3. The number of piperidine rings is 1. The average Bonchev–Trinajstić information content (AvgIpc) is 0.888. The predicted octanol–water partition coefficient (Wildman–Crippen LogP) is 9.73. The second-order valence-electron chi connectivity index (χ2n) is 25.0. The zero-order valence-electron chi connectivity index (χ0n) is 55.0. The van der Waals surface area contributed by atoms with Crippen LogP contribution in [0.2, 0.25) is 0 Å². The number of anilines is 2. The van der Waals surface area contributed by atoms with Gasteiger partial charge in [0.2, 0.25) is 17.6 Å². The molecule has 22 nitrogen and oxygen atoms in total. The Morgan fingerprint density at radius 3 is 2.09 bits per heavy atom. The highest BCUT2D eigenvalue weighted by Crippen LogP contribution is 2.41. The molecule has 0 unspecified atom stereocenters. The topological polar surface area (TPSA) is 295 Å². The fraction of sp³-hybridized carbons (Fsp3) is 0.657. The van der Waals surface area contributed by atoms with Crippen LogP contribution in [-0.2, 0) is 76.3 Å². The molecule has 4 N–H and O–H groups in total. The minimum absolute atomic E-state index is 0.0232. The molecule has 4 aliphatic rings. The molecule has 512 valence electrons. The van der Waals surface area contributed by atoms with E-state index in [9.17, 15) is 53.4 Å². The van der Waals surface area contributed by atoms with Gasteiger partial charge in [-0.2, -0.15) is 0 Å². The highest BCUT2D eigenvalue weighted by Gasteiger charge is 2.53. The van der Waals surface area contributed by atoms with Crippen molar-refractivity contribution < 1.29 is 91.3 Å². The number of benzene rings is 1. The van der Waals surface area contributed by atoms with E-state index in [-0.39, 0.29) is 92.8 Å². The molecule has 5 rings (SSSR count). The number of hydrogen-bond donors (Lipinski definition) is 4. The number of halogens is 3. The SMILES string of the molecule is CO[C@H]1C[C@@H]2CC[C@@H](C)[C@@](O)(O2)C(=O)C(=O)N2CCCC[C@H]2C(=O)O[C@H]([C@H](C)C[C@@H]2CC[C@@H](OC(=O)CCOCCOC(=O)c3c(I)c(NC(C)=O)c(I)c(NC(C)=O)c3I)[C@H](OC)C2)CC(=O)[C@H](C)/C=C(\C)[C@@H](O)[C@@H](OC)C(=O)[C@H](C)C[C@H](C)/C=C/C=CC=C1C. The maximum atomic E-state index is 14.7.